The summed E-state index contributed by atoms with van der Waals surface area (Å²) in [4.78, 5) is 37.4. The van der Waals surface area contributed by atoms with Crippen LogP contribution in [-0.4, -0.2) is 55.9 Å². The minimum atomic E-state index is -2.07. The van der Waals surface area contributed by atoms with Gasteiger partial charge in [0.15, 0.2) is 8.32 Å². The van der Waals surface area contributed by atoms with Crippen molar-refractivity contribution < 1.29 is 23.8 Å². The molecule has 0 spiro atoms. The Kier molecular flexibility index (Phi) is 9.54. The van der Waals surface area contributed by atoms with Crippen molar-refractivity contribution in [3.8, 4) is 0 Å². The lowest BCUT2D eigenvalue weighted by Gasteiger charge is -2.37. The lowest BCUT2D eigenvalue weighted by molar-refractivity contribution is -0.138. The Hall–Kier alpha value is -1.54. The quantitative estimate of drug-likeness (QED) is 0.341. The first-order valence-electron chi connectivity index (χ1n) is 12.3. The largest absolute Gasteiger partial charge is 0.481 e. The standard InChI is InChI=1S/C24H44N2O7Si2/c1-17-14-25(23(30)26(22(17)29)16-31-10-11-34(5,6)7)20-12-18(13-21(27)28)19(33-20)15-32-35(8,9)24(2,3)4/h14,18-20H,10-13,15-16H2,1-9H3,(H,27,28)/t18-,19-,20-/m1/s1. The molecule has 11 heteroatoms. The van der Waals surface area contributed by atoms with Crippen molar-refractivity contribution in [2.75, 3.05) is 13.2 Å². The van der Waals surface area contributed by atoms with Crippen LogP contribution in [0, 0.1) is 12.8 Å². The minimum Gasteiger partial charge on any atom is -0.481 e. The zero-order valence-corrected chi connectivity index (χ0v) is 24.8. The predicted octanol–water partition coefficient (Wildman–Crippen LogP) is 4.03. The van der Waals surface area contributed by atoms with E-state index < -0.39 is 45.9 Å². The lowest BCUT2D eigenvalue weighted by atomic mass is 9.97. The van der Waals surface area contributed by atoms with Gasteiger partial charge in [-0.3, -0.25) is 14.2 Å². The number of aliphatic carboxylic acids is 1. The third-order valence-corrected chi connectivity index (χ3v) is 13.3. The van der Waals surface area contributed by atoms with Gasteiger partial charge in [-0.1, -0.05) is 40.4 Å². The van der Waals surface area contributed by atoms with Gasteiger partial charge in [0, 0.05) is 32.4 Å². The molecule has 1 saturated heterocycles. The molecule has 35 heavy (non-hydrogen) atoms. The van der Waals surface area contributed by atoms with Crippen LogP contribution in [0.5, 0.6) is 0 Å². The average Bonchev–Trinajstić information content (AvgIpc) is 3.08. The van der Waals surface area contributed by atoms with Gasteiger partial charge in [0.05, 0.1) is 19.1 Å². The molecule has 1 fully saturated rings. The summed E-state index contributed by atoms with van der Waals surface area (Å²) >= 11 is 0. The number of carboxylic acids is 1. The third-order valence-electron chi connectivity index (χ3n) is 7.11. The number of aromatic nitrogens is 2. The molecule has 1 aromatic rings. The molecular formula is C24H44N2O7Si2. The molecule has 0 amide bonds. The highest BCUT2D eigenvalue weighted by Crippen LogP contribution is 2.39. The number of carbonyl (C=O) groups is 1. The number of nitrogens with zero attached hydrogens (tertiary/aromatic N) is 2. The van der Waals surface area contributed by atoms with E-state index >= 15 is 0 Å². The first-order chi connectivity index (χ1) is 15.9. The maximum atomic E-state index is 13.2. The van der Waals surface area contributed by atoms with Crippen molar-refractivity contribution >= 4 is 22.4 Å². The predicted molar refractivity (Wildman–Crippen MR) is 141 cm³/mol. The molecule has 0 bridgehead atoms. The van der Waals surface area contributed by atoms with E-state index in [4.69, 9.17) is 13.9 Å². The Morgan fingerprint density at radius 2 is 1.83 bits per heavy atom. The second-order valence-corrected chi connectivity index (χ2v) is 22.8. The molecule has 0 aromatic carbocycles. The Morgan fingerprint density at radius 3 is 2.37 bits per heavy atom. The van der Waals surface area contributed by atoms with E-state index in [2.05, 4.69) is 53.5 Å². The number of aryl methyl sites for hydroxylation is 1. The Bertz CT molecular complexity index is 1010. The molecule has 1 aliphatic rings. The molecule has 1 N–H and O–H groups in total. The normalized spacial score (nSPS) is 21.5. The topological polar surface area (TPSA) is 109 Å². The Morgan fingerprint density at radius 1 is 1.20 bits per heavy atom. The van der Waals surface area contributed by atoms with E-state index in [0.717, 1.165) is 10.6 Å². The Balaban J connectivity index is 2.25. The summed E-state index contributed by atoms with van der Waals surface area (Å²) in [6.07, 6.45) is 0.655. The second kappa shape index (κ2) is 11.2. The van der Waals surface area contributed by atoms with Crippen molar-refractivity contribution in [2.45, 2.75) is 103 Å². The zero-order chi connectivity index (χ0) is 26.8. The highest BCUT2D eigenvalue weighted by Gasteiger charge is 2.42. The van der Waals surface area contributed by atoms with E-state index in [0.29, 0.717) is 18.6 Å². The molecule has 2 rings (SSSR count). The van der Waals surface area contributed by atoms with Gasteiger partial charge in [0.2, 0.25) is 0 Å². The number of hydrogen-bond acceptors (Lipinski definition) is 6. The molecule has 3 atom stereocenters. The summed E-state index contributed by atoms with van der Waals surface area (Å²) in [5.74, 6) is -1.22. The van der Waals surface area contributed by atoms with Gasteiger partial charge in [0.1, 0.15) is 13.0 Å². The number of ether oxygens (including phenoxy) is 2. The molecular weight excluding hydrogens is 484 g/mol. The SMILES string of the molecule is Cc1cn([C@H]2C[C@H](CC(=O)O)[C@@H](CO[Si](C)(C)C(C)(C)C)O2)c(=O)n(COCC[Si](C)(C)C)c1=O. The minimum absolute atomic E-state index is 0.00628. The molecule has 1 aliphatic heterocycles. The monoisotopic (exact) mass is 528 g/mol. The van der Waals surface area contributed by atoms with Crippen LogP contribution in [0.4, 0.5) is 0 Å². The van der Waals surface area contributed by atoms with Crippen LogP contribution < -0.4 is 11.2 Å². The molecule has 0 unspecified atom stereocenters. The molecule has 0 aliphatic carbocycles. The summed E-state index contributed by atoms with van der Waals surface area (Å²) in [6.45, 7) is 19.7. The second-order valence-electron chi connectivity index (χ2n) is 12.4. The molecule has 0 saturated carbocycles. The smallest absolute Gasteiger partial charge is 0.335 e. The fourth-order valence-corrected chi connectivity index (χ4v) is 5.46. The van der Waals surface area contributed by atoms with E-state index in [-0.39, 0.29) is 30.7 Å². The van der Waals surface area contributed by atoms with Crippen LogP contribution in [0.25, 0.3) is 0 Å². The van der Waals surface area contributed by atoms with Crippen molar-refractivity contribution in [1.29, 1.82) is 0 Å². The summed E-state index contributed by atoms with van der Waals surface area (Å²) in [5.41, 5.74) is -0.506. The zero-order valence-electron chi connectivity index (χ0n) is 22.8. The van der Waals surface area contributed by atoms with Crippen LogP contribution in [0.3, 0.4) is 0 Å². The van der Waals surface area contributed by atoms with Crippen molar-refractivity contribution in [3.05, 3.63) is 32.6 Å². The maximum Gasteiger partial charge on any atom is 0.335 e. The molecule has 0 radical (unpaired) electrons. The van der Waals surface area contributed by atoms with E-state index in [1.54, 1.807) is 6.92 Å². The van der Waals surface area contributed by atoms with Crippen LogP contribution in [0.2, 0.25) is 43.8 Å². The summed E-state index contributed by atoms with van der Waals surface area (Å²) < 4.78 is 20.7. The molecule has 1 aromatic heterocycles. The van der Waals surface area contributed by atoms with E-state index in [1.165, 1.54) is 10.8 Å². The van der Waals surface area contributed by atoms with Gasteiger partial charge in [-0.2, -0.15) is 0 Å². The molecule has 2 heterocycles. The number of rotatable bonds is 11. The van der Waals surface area contributed by atoms with Gasteiger partial charge in [-0.25, -0.2) is 9.36 Å². The fraction of sp³-hybridized carbons (Fsp3) is 0.792. The summed E-state index contributed by atoms with van der Waals surface area (Å²) in [5, 5.41) is 9.45. The van der Waals surface area contributed by atoms with Crippen LogP contribution in [0.15, 0.2) is 15.8 Å². The van der Waals surface area contributed by atoms with Crippen molar-refractivity contribution in [3.63, 3.8) is 0 Å². The van der Waals surface area contributed by atoms with Gasteiger partial charge in [-0.05, 0) is 37.5 Å². The third kappa shape index (κ3) is 7.97. The molecule has 9 nitrogen and oxygen atoms in total. The van der Waals surface area contributed by atoms with Gasteiger partial charge >= 0.3 is 11.7 Å². The number of carboxylic acid groups (broad SMARTS) is 1. The maximum absolute atomic E-state index is 13.2. The van der Waals surface area contributed by atoms with Crippen molar-refractivity contribution in [2.24, 2.45) is 5.92 Å². The lowest BCUT2D eigenvalue weighted by Crippen LogP contribution is -2.44. The van der Waals surface area contributed by atoms with E-state index in [9.17, 15) is 19.5 Å². The molecule has 200 valence electrons. The fourth-order valence-electron chi connectivity index (χ4n) is 3.69. The summed E-state index contributed by atoms with van der Waals surface area (Å²) in [7, 11) is -3.37. The average molecular weight is 529 g/mol. The first-order valence-corrected chi connectivity index (χ1v) is 19.0. The van der Waals surface area contributed by atoms with E-state index in [1.807, 2.05) is 0 Å². The van der Waals surface area contributed by atoms with Crippen LogP contribution >= 0.6 is 0 Å². The van der Waals surface area contributed by atoms with Gasteiger partial charge in [-0.15, -0.1) is 0 Å². The highest BCUT2D eigenvalue weighted by molar-refractivity contribution is 6.76. The van der Waals surface area contributed by atoms with Gasteiger partial charge in [0.25, 0.3) is 5.56 Å². The number of hydrogen-bond donors (Lipinski definition) is 1. The summed E-state index contributed by atoms with van der Waals surface area (Å²) in [6, 6.07) is 0.931. The Labute approximate surface area is 210 Å². The first kappa shape index (κ1) is 29.7. The van der Waals surface area contributed by atoms with Crippen LogP contribution in [-0.2, 0) is 25.4 Å². The highest BCUT2D eigenvalue weighted by atomic mass is 28.4. The van der Waals surface area contributed by atoms with Crippen LogP contribution in [0.1, 0.15) is 45.4 Å². The van der Waals surface area contributed by atoms with Gasteiger partial charge < -0.3 is 19.0 Å². The van der Waals surface area contributed by atoms with Crippen molar-refractivity contribution in [1.82, 2.24) is 9.13 Å².